The summed E-state index contributed by atoms with van der Waals surface area (Å²) < 4.78 is 13.4. The van der Waals surface area contributed by atoms with E-state index in [1.54, 1.807) is 36.5 Å². The molecule has 1 saturated heterocycles. The number of rotatable bonds is 3. The summed E-state index contributed by atoms with van der Waals surface area (Å²) >= 11 is 0. The molecule has 4 rings (SSSR count). The predicted octanol–water partition coefficient (Wildman–Crippen LogP) is 5.14. The Bertz CT molecular complexity index is 1190. The minimum absolute atomic E-state index is 0.0737. The molecule has 2 aromatic carbocycles. The van der Waals surface area contributed by atoms with Crippen LogP contribution in [-0.4, -0.2) is 21.8 Å². The van der Waals surface area contributed by atoms with E-state index in [9.17, 15) is 19.1 Å². The molecule has 0 saturated carbocycles. The standard InChI is InChI=1S/C26H23FN2O3/c1-26(2,3)17-9-13-19(14-10-17)29-22(20-6-4-5-15-28-20)21(24(31)25(29)32)23(30)16-7-11-18(27)12-8-16/h4-15,22,30H,1-3H3/b23-21+. The SMILES string of the molecule is CC(C)(C)c1ccc(N2C(=O)C(=O)/C(=C(/O)c3ccc(F)cc3)C2c2ccccn2)cc1. The first-order chi connectivity index (χ1) is 15.2. The van der Waals surface area contributed by atoms with Crippen LogP contribution < -0.4 is 4.90 Å². The maximum Gasteiger partial charge on any atom is 0.300 e. The fourth-order valence-electron chi connectivity index (χ4n) is 3.80. The van der Waals surface area contributed by atoms with E-state index in [0.29, 0.717) is 11.4 Å². The molecule has 6 heteroatoms. The van der Waals surface area contributed by atoms with Gasteiger partial charge in [-0.2, -0.15) is 0 Å². The van der Waals surface area contributed by atoms with E-state index in [4.69, 9.17) is 0 Å². The molecule has 1 unspecified atom stereocenters. The lowest BCUT2D eigenvalue weighted by Crippen LogP contribution is -2.30. The number of carbonyl (C=O) groups excluding carboxylic acids is 2. The van der Waals surface area contributed by atoms with Gasteiger partial charge in [-0.15, -0.1) is 0 Å². The molecule has 0 radical (unpaired) electrons. The molecule has 1 amide bonds. The lowest BCUT2D eigenvalue weighted by Gasteiger charge is -2.26. The van der Waals surface area contributed by atoms with Crippen molar-refractivity contribution in [3.05, 3.63) is 101 Å². The van der Waals surface area contributed by atoms with Crippen molar-refractivity contribution in [1.82, 2.24) is 4.98 Å². The van der Waals surface area contributed by atoms with E-state index in [-0.39, 0.29) is 22.3 Å². The summed E-state index contributed by atoms with van der Waals surface area (Å²) in [5, 5.41) is 11.0. The molecule has 162 valence electrons. The number of nitrogens with zero attached hydrogens (tertiary/aromatic N) is 2. The van der Waals surface area contributed by atoms with Crippen molar-refractivity contribution in [3.8, 4) is 0 Å². The van der Waals surface area contributed by atoms with Gasteiger partial charge in [-0.1, -0.05) is 39.0 Å². The molecule has 5 nitrogen and oxygen atoms in total. The minimum atomic E-state index is -0.915. The smallest absolute Gasteiger partial charge is 0.300 e. The third-order valence-electron chi connectivity index (χ3n) is 5.54. The van der Waals surface area contributed by atoms with Crippen LogP contribution >= 0.6 is 0 Å². The Morgan fingerprint density at radius 2 is 1.62 bits per heavy atom. The van der Waals surface area contributed by atoms with E-state index in [0.717, 1.165) is 5.56 Å². The van der Waals surface area contributed by atoms with Gasteiger partial charge in [-0.05, 0) is 59.5 Å². The normalized spacial score (nSPS) is 18.2. The van der Waals surface area contributed by atoms with Gasteiger partial charge in [0, 0.05) is 17.4 Å². The van der Waals surface area contributed by atoms with Crippen LogP contribution in [0.15, 0.2) is 78.5 Å². The van der Waals surface area contributed by atoms with Crippen LogP contribution in [0.4, 0.5) is 10.1 Å². The zero-order valence-corrected chi connectivity index (χ0v) is 18.0. The maximum atomic E-state index is 13.4. The van der Waals surface area contributed by atoms with E-state index < -0.39 is 23.5 Å². The highest BCUT2D eigenvalue weighted by atomic mass is 19.1. The van der Waals surface area contributed by atoms with Crippen LogP contribution in [0.25, 0.3) is 5.76 Å². The van der Waals surface area contributed by atoms with Gasteiger partial charge >= 0.3 is 0 Å². The number of hydrogen-bond acceptors (Lipinski definition) is 4. The van der Waals surface area contributed by atoms with Crippen molar-refractivity contribution in [1.29, 1.82) is 0 Å². The van der Waals surface area contributed by atoms with Crippen molar-refractivity contribution >= 4 is 23.1 Å². The lowest BCUT2D eigenvalue weighted by molar-refractivity contribution is -0.132. The summed E-state index contributed by atoms with van der Waals surface area (Å²) in [6.07, 6.45) is 1.57. The number of Topliss-reactive ketones (excluding diaryl/α,β-unsaturated/α-hetero) is 1. The molecular formula is C26H23FN2O3. The largest absolute Gasteiger partial charge is 0.507 e. The van der Waals surface area contributed by atoms with Crippen LogP contribution in [-0.2, 0) is 15.0 Å². The van der Waals surface area contributed by atoms with Gasteiger partial charge in [0.25, 0.3) is 11.7 Å². The fraction of sp³-hybridized carbons (Fsp3) is 0.192. The van der Waals surface area contributed by atoms with E-state index in [1.165, 1.54) is 29.2 Å². The molecule has 1 atom stereocenters. The second-order valence-corrected chi connectivity index (χ2v) is 8.73. The zero-order valence-electron chi connectivity index (χ0n) is 18.0. The summed E-state index contributed by atoms with van der Waals surface area (Å²) in [7, 11) is 0. The van der Waals surface area contributed by atoms with Gasteiger partial charge < -0.3 is 5.11 Å². The zero-order chi connectivity index (χ0) is 23.0. The van der Waals surface area contributed by atoms with Crippen LogP contribution in [0.3, 0.4) is 0 Å². The van der Waals surface area contributed by atoms with Gasteiger partial charge in [0.05, 0.1) is 11.3 Å². The molecule has 1 fully saturated rings. The molecule has 1 aromatic heterocycles. The first kappa shape index (κ1) is 21.4. The molecule has 0 aliphatic carbocycles. The maximum absolute atomic E-state index is 13.4. The lowest BCUT2D eigenvalue weighted by atomic mass is 9.87. The van der Waals surface area contributed by atoms with Crippen molar-refractivity contribution in [2.45, 2.75) is 32.2 Å². The van der Waals surface area contributed by atoms with Gasteiger partial charge in [0.2, 0.25) is 0 Å². The summed E-state index contributed by atoms with van der Waals surface area (Å²) in [4.78, 5) is 31.9. The number of anilines is 1. The molecule has 1 N–H and O–H groups in total. The quantitative estimate of drug-likeness (QED) is 0.355. The van der Waals surface area contributed by atoms with Crippen molar-refractivity contribution < 1.29 is 19.1 Å². The third-order valence-corrected chi connectivity index (χ3v) is 5.54. The molecule has 1 aliphatic rings. The number of halogens is 1. The highest BCUT2D eigenvalue weighted by Gasteiger charge is 2.47. The number of aromatic nitrogens is 1. The molecule has 32 heavy (non-hydrogen) atoms. The Balaban J connectivity index is 1.88. The molecular weight excluding hydrogens is 407 g/mol. The average molecular weight is 430 g/mol. The van der Waals surface area contributed by atoms with Crippen LogP contribution in [0.1, 0.15) is 43.6 Å². The van der Waals surface area contributed by atoms with Crippen molar-refractivity contribution in [2.75, 3.05) is 4.90 Å². The Hall–Kier alpha value is -3.80. The van der Waals surface area contributed by atoms with Crippen molar-refractivity contribution in [3.63, 3.8) is 0 Å². The van der Waals surface area contributed by atoms with Crippen LogP contribution in [0.5, 0.6) is 0 Å². The third kappa shape index (κ3) is 3.80. The Kier molecular flexibility index (Phi) is 5.38. The number of aliphatic hydroxyl groups excluding tert-OH is 1. The molecule has 3 aromatic rings. The summed E-state index contributed by atoms with van der Waals surface area (Å²) in [5.41, 5.74) is 2.13. The number of benzene rings is 2. The summed E-state index contributed by atoms with van der Waals surface area (Å²) in [6, 6.07) is 16.8. The number of hydrogen-bond donors (Lipinski definition) is 1. The van der Waals surface area contributed by atoms with Crippen LogP contribution in [0.2, 0.25) is 0 Å². The van der Waals surface area contributed by atoms with E-state index in [2.05, 4.69) is 25.8 Å². The number of amides is 1. The van der Waals surface area contributed by atoms with Crippen LogP contribution in [0, 0.1) is 5.82 Å². The average Bonchev–Trinajstić information content (AvgIpc) is 3.04. The molecule has 0 spiro atoms. The topological polar surface area (TPSA) is 70.5 Å². The second-order valence-electron chi connectivity index (χ2n) is 8.73. The van der Waals surface area contributed by atoms with Crippen molar-refractivity contribution in [2.24, 2.45) is 0 Å². The summed E-state index contributed by atoms with van der Waals surface area (Å²) in [6.45, 7) is 6.26. The second kappa shape index (κ2) is 8.04. The first-order valence-electron chi connectivity index (χ1n) is 10.3. The predicted molar refractivity (Wildman–Crippen MR) is 121 cm³/mol. The van der Waals surface area contributed by atoms with Gasteiger partial charge in [-0.25, -0.2) is 4.39 Å². The molecule has 1 aliphatic heterocycles. The Morgan fingerprint density at radius 1 is 0.969 bits per heavy atom. The Morgan fingerprint density at radius 3 is 2.19 bits per heavy atom. The minimum Gasteiger partial charge on any atom is -0.507 e. The summed E-state index contributed by atoms with van der Waals surface area (Å²) in [5.74, 6) is -2.41. The van der Waals surface area contributed by atoms with Gasteiger partial charge in [-0.3, -0.25) is 19.5 Å². The number of carbonyl (C=O) groups is 2. The fourth-order valence-corrected chi connectivity index (χ4v) is 3.80. The highest BCUT2D eigenvalue weighted by Crippen LogP contribution is 2.41. The highest BCUT2D eigenvalue weighted by molar-refractivity contribution is 6.51. The number of ketones is 1. The van der Waals surface area contributed by atoms with E-state index >= 15 is 0 Å². The first-order valence-corrected chi connectivity index (χ1v) is 10.3. The van der Waals surface area contributed by atoms with Gasteiger partial charge in [0.1, 0.15) is 17.6 Å². The van der Waals surface area contributed by atoms with E-state index in [1.807, 2.05) is 12.1 Å². The molecule has 2 heterocycles. The Labute approximate surface area is 185 Å². The number of aliphatic hydroxyl groups is 1. The monoisotopic (exact) mass is 430 g/mol. The molecule has 0 bridgehead atoms. The van der Waals surface area contributed by atoms with Gasteiger partial charge in [0.15, 0.2) is 0 Å². The number of pyridine rings is 1.